The summed E-state index contributed by atoms with van der Waals surface area (Å²) < 4.78 is 13.7. The van der Waals surface area contributed by atoms with E-state index in [1.807, 2.05) is 18.2 Å². The molecule has 0 spiro atoms. The lowest BCUT2D eigenvalue weighted by molar-refractivity contribution is 0.164. The van der Waals surface area contributed by atoms with Crippen LogP contribution in [0.5, 0.6) is 0 Å². The number of hydrogen-bond donors (Lipinski definition) is 1. The van der Waals surface area contributed by atoms with E-state index in [1.54, 1.807) is 6.08 Å². The molecule has 1 fully saturated rings. The second-order valence-corrected chi connectivity index (χ2v) is 7.62. The van der Waals surface area contributed by atoms with Gasteiger partial charge < -0.3 is 5.32 Å². The highest BCUT2D eigenvalue weighted by Crippen LogP contribution is 2.39. The van der Waals surface area contributed by atoms with Gasteiger partial charge in [0.25, 0.3) is 0 Å². The molecule has 136 valence electrons. The van der Waals surface area contributed by atoms with Gasteiger partial charge in [-0.2, -0.15) is 0 Å². The summed E-state index contributed by atoms with van der Waals surface area (Å²) in [5.74, 6) is 5.85. The van der Waals surface area contributed by atoms with E-state index < -0.39 is 0 Å². The summed E-state index contributed by atoms with van der Waals surface area (Å²) in [5.41, 5.74) is 4.26. The molecule has 26 heavy (non-hydrogen) atoms. The first-order valence-corrected chi connectivity index (χ1v) is 9.72. The Balaban J connectivity index is 1.68. The Bertz CT molecular complexity index is 780. The summed E-state index contributed by atoms with van der Waals surface area (Å²) in [7, 11) is 0. The van der Waals surface area contributed by atoms with Crippen molar-refractivity contribution in [2.45, 2.75) is 52.4 Å². The van der Waals surface area contributed by atoms with E-state index in [2.05, 4.69) is 49.2 Å². The van der Waals surface area contributed by atoms with E-state index in [9.17, 15) is 4.39 Å². The molecule has 0 heterocycles. The first-order valence-electron chi connectivity index (χ1n) is 9.72. The summed E-state index contributed by atoms with van der Waals surface area (Å²) in [6, 6.07) is 8.24. The van der Waals surface area contributed by atoms with Gasteiger partial charge in [-0.1, -0.05) is 56.4 Å². The lowest BCUT2D eigenvalue weighted by Gasteiger charge is -2.39. The van der Waals surface area contributed by atoms with Crippen LogP contribution in [0.25, 0.3) is 5.70 Å². The van der Waals surface area contributed by atoms with Gasteiger partial charge in [0.2, 0.25) is 0 Å². The Labute approximate surface area is 157 Å². The fourth-order valence-corrected chi connectivity index (χ4v) is 3.39. The molecule has 2 aliphatic rings. The molecule has 1 aromatic rings. The average Bonchev–Trinajstić information content (AvgIpc) is 2.63. The van der Waals surface area contributed by atoms with Crippen LogP contribution in [0.3, 0.4) is 0 Å². The van der Waals surface area contributed by atoms with Gasteiger partial charge in [0.15, 0.2) is 0 Å². The van der Waals surface area contributed by atoms with Crippen molar-refractivity contribution in [3.05, 3.63) is 65.0 Å². The maximum Gasteiger partial charge on any atom is 0.134 e. The summed E-state index contributed by atoms with van der Waals surface area (Å²) in [4.78, 5) is 0. The minimum absolute atomic E-state index is 0.192. The Morgan fingerprint density at radius 1 is 1.15 bits per heavy atom. The Morgan fingerprint density at radius 2 is 1.88 bits per heavy atom. The van der Waals surface area contributed by atoms with Crippen LogP contribution in [0, 0.1) is 17.3 Å². The largest absolute Gasteiger partial charge is 0.384 e. The van der Waals surface area contributed by atoms with Crippen molar-refractivity contribution in [3.8, 4) is 11.8 Å². The normalized spacial score (nSPS) is 18.8. The van der Waals surface area contributed by atoms with E-state index in [-0.39, 0.29) is 5.83 Å². The summed E-state index contributed by atoms with van der Waals surface area (Å²) >= 11 is 0. The Kier molecular flexibility index (Phi) is 5.99. The molecular weight excluding hydrogens is 321 g/mol. The van der Waals surface area contributed by atoms with Crippen LogP contribution in [0.15, 0.2) is 53.9 Å². The quantitative estimate of drug-likeness (QED) is 0.629. The zero-order valence-corrected chi connectivity index (χ0v) is 15.9. The Morgan fingerprint density at radius 3 is 2.50 bits per heavy atom. The van der Waals surface area contributed by atoms with E-state index >= 15 is 0 Å². The van der Waals surface area contributed by atoms with Crippen LogP contribution in [0.1, 0.15) is 63.5 Å². The van der Waals surface area contributed by atoms with Crippen molar-refractivity contribution < 1.29 is 4.39 Å². The first-order chi connectivity index (χ1) is 12.6. The zero-order valence-electron chi connectivity index (χ0n) is 15.9. The van der Waals surface area contributed by atoms with E-state index in [1.165, 1.54) is 30.5 Å². The maximum absolute atomic E-state index is 13.7. The molecule has 2 aliphatic carbocycles. The average molecular weight is 349 g/mol. The van der Waals surface area contributed by atoms with E-state index in [0.717, 1.165) is 31.4 Å². The van der Waals surface area contributed by atoms with Crippen molar-refractivity contribution >= 4 is 5.70 Å². The number of rotatable bonds is 5. The van der Waals surface area contributed by atoms with Gasteiger partial charge in [0.05, 0.1) is 5.57 Å². The smallest absolute Gasteiger partial charge is 0.134 e. The van der Waals surface area contributed by atoms with Crippen LogP contribution >= 0.6 is 0 Å². The lowest BCUT2D eigenvalue weighted by atomic mass is 9.70. The molecule has 0 unspecified atom stereocenters. The maximum atomic E-state index is 13.7. The first kappa shape index (κ1) is 18.5. The zero-order chi connectivity index (χ0) is 18.4. The van der Waals surface area contributed by atoms with Gasteiger partial charge in [-0.25, -0.2) is 4.39 Å². The second kappa shape index (κ2) is 8.41. The van der Waals surface area contributed by atoms with Crippen molar-refractivity contribution in [3.63, 3.8) is 0 Å². The third kappa shape index (κ3) is 4.67. The van der Waals surface area contributed by atoms with Gasteiger partial charge in [-0.05, 0) is 61.3 Å². The molecule has 0 radical (unpaired) electrons. The van der Waals surface area contributed by atoms with E-state index in [4.69, 9.17) is 0 Å². The summed E-state index contributed by atoms with van der Waals surface area (Å²) in [5, 5.41) is 3.65. The molecule has 3 rings (SSSR count). The van der Waals surface area contributed by atoms with Crippen molar-refractivity contribution in [2.75, 3.05) is 6.54 Å². The summed E-state index contributed by atoms with van der Waals surface area (Å²) in [6.45, 7) is 5.55. The number of allylic oxidation sites excluding steroid dienone is 5. The number of hydrogen-bond acceptors (Lipinski definition) is 1. The minimum atomic E-state index is -0.192. The molecule has 0 saturated heterocycles. The van der Waals surface area contributed by atoms with Crippen LogP contribution in [0.2, 0.25) is 0 Å². The van der Waals surface area contributed by atoms with Crippen LogP contribution in [-0.2, 0) is 0 Å². The van der Waals surface area contributed by atoms with Crippen molar-refractivity contribution in [1.29, 1.82) is 0 Å². The number of benzene rings is 1. The standard InChI is InChI=1S/C24H28FN/c1-3-7-23(26-18-24(2)16-6-17-24)21-14-11-19(12-15-21)10-13-20-8-4-5-9-22(20)25/h7-9,11-12,14-15,26H,3-6,16-18H2,1-2H3/b23-7-. The fourth-order valence-electron chi connectivity index (χ4n) is 3.39. The molecule has 1 N–H and O–H groups in total. The molecule has 0 bridgehead atoms. The fraction of sp³-hybridized carbons (Fsp3) is 0.417. The third-order valence-corrected chi connectivity index (χ3v) is 5.31. The molecule has 1 aromatic carbocycles. The minimum Gasteiger partial charge on any atom is -0.384 e. The molecule has 1 saturated carbocycles. The van der Waals surface area contributed by atoms with Gasteiger partial charge in [-0.3, -0.25) is 0 Å². The third-order valence-electron chi connectivity index (χ3n) is 5.31. The van der Waals surface area contributed by atoms with Crippen molar-refractivity contribution in [2.24, 2.45) is 5.41 Å². The molecule has 1 nitrogen and oxygen atoms in total. The molecule has 0 amide bonds. The van der Waals surface area contributed by atoms with Crippen LogP contribution in [0.4, 0.5) is 4.39 Å². The molecule has 0 aromatic heterocycles. The Hall–Kier alpha value is -2.27. The highest BCUT2D eigenvalue weighted by atomic mass is 19.1. The SMILES string of the molecule is CC/C=C(\NCC1(C)CCC1)c1ccc(C#CC2=CCCC=C2F)cc1. The van der Waals surface area contributed by atoms with E-state index in [0.29, 0.717) is 11.0 Å². The second-order valence-electron chi connectivity index (χ2n) is 7.62. The van der Waals surface area contributed by atoms with Crippen LogP contribution in [-0.4, -0.2) is 6.54 Å². The van der Waals surface area contributed by atoms with Crippen LogP contribution < -0.4 is 5.32 Å². The van der Waals surface area contributed by atoms with Gasteiger partial charge in [0.1, 0.15) is 5.83 Å². The highest BCUT2D eigenvalue weighted by Gasteiger charge is 2.31. The van der Waals surface area contributed by atoms with Crippen molar-refractivity contribution in [1.82, 2.24) is 5.32 Å². The molecule has 2 heteroatoms. The monoisotopic (exact) mass is 349 g/mol. The molecule has 0 aliphatic heterocycles. The predicted molar refractivity (Wildman–Crippen MR) is 108 cm³/mol. The predicted octanol–water partition coefficient (Wildman–Crippen LogP) is 6.14. The number of nitrogens with one attached hydrogen (secondary N) is 1. The molecular formula is C24H28FN. The topological polar surface area (TPSA) is 12.0 Å². The summed E-state index contributed by atoms with van der Waals surface area (Å²) in [6.07, 6.45) is 12.4. The highest BCUT2D eigenvalue weighted by molar-refractivity contribution is 5.65. The van der Waals surface area contributed by atoms with Gasteiger partial charge >= 0.3 is 0 Å². The van der Waals surface area contributed by atoms with Gasteiger partial charge in [-0.15, -0.1) is 0 Å². The lowest BCUT2D eigenvalue weighted by Crippen LogP contribution is -2.36. The number of halogens is 1. The molecule has 0 atom stereocenters. The van der Waals surface area contributed by atoms with Gasteiger partial charge in [0, 0.05) is 17.8 Å².